The Morgan fingerprint density at radius 2 is 1.78 bits per heavy atom. The van der Waals surface area contributed by atoms with Gasteiger partial charge in [-0.1, -0.05) is 32.9 Å². The molecule has 0 aliphatic heterocycles. The van der Waals surface area contributed by atoms with Crippen LogP contribution in [0.25, 0.3) is 11.0 Å². The highest BCUT2D eigenvalue weighted by Gasteiger charge is 2.15. The van der Waals surface area contributed by atoms with E-state index in [2.05, 4.69) is 13.8 Å². The van der Waals surface area contributed by atoms with Crippen molar-refractivity contribution in [1.82, 2.24) is 9.13 Å². The highest BCUT2D eigenvalue weighted by Crippen LogP contribution is 2.19. The molecule has 0 bridgehead atoms. The molecule has 2 rings (SSSR count). The first-order chi connectivity index (χ1) is 8.20. The Balaban J connectivity index is 0.00000162. The first-order valence-corrected chi connectivity index (χ1v) is 6.40. The van der Waals surface area contributed by atoms with Gasteiger partial charge in [0, 0.05) is 12.6 Å². The van der Waals surface area contributed by atoms with Gasteiger partial charge in [0.25, 0.3) is 0 Å². The van der Waals surface area contributed by atoms with Gasteiger partial charge in [0.15, 0.2) is 0 Å². The predicted molar refractivity (Wildman–Crippen MR) is 78.2 cm³/mol. The van der Waals surface area contributed by atoms with Crippen molar-refractivity contribution < 1.29 is 0 Å². The Kier molecular flexibility index (Phi) is 4.76. The molecule has 1 aromatic heterocycles. The fourth-order valence-corrected chi connectivity index (χ4v) is 2.51. The van der Waals surface area contributed by atoms with E-state index < -0.39 is 0 Å². The zero-order chi connectivity index (χ0) is 12.4. The lowest BCUT2D eigenvalue weighted by Gasteiger charge is -2.11. The molecule has 0 saturated heterocycles. The van der Waals surface area contributed by atoms with Crippen molar-refractivity contribution >= 4 is 11.0 Å². The minimum Gasteiger partial charge on any atom is -0.292 e. The first kappa shape index (κ1) is 14.6. The molecule has 0 spiro atoms. The summed E-state index contributed by atoms with van der Waals surface area (Å²) in [6, 6.07) is 8.31. The van der Waals surface area contributed by atoms with Gasteiger partial charge in [0.2, 0.25) is 0 Å². The van der Waals surface area contributed by atoms with E-state index in [-0.39, 0.29) is 19.2 Å². The summed E-state index contributed by atoms with van der Waals surface area (Å²) in [5.41, 5.74) is 2.22. The lowest BCUT2D eigenvalue weighted by Crippen LogP contribution is -2.26. The predicted octanol–water partition coefficient (Wildman–Crippen LogP) is 3.82. The molecule has 0 fully saturated rings. The van der Waals surface area contributed by atoms with Crippen LogP contribution < -0.4 is 5.69 Å². The van der Waals surface area contributed by atoms with Gasteiger partial charge in [-0.2, -0.15) is 0 Å². The van der Waals surface area contributed by atoms with Crippen molar-refractivity contribution in [2.75, 3.05) is 0 Å². The molecule has 0 N–H and O–H groups in total. The lowest BCUT2D eigenvalue weighted by atomic mass is 10.2. The van der Waals surface area contributed by atoms with E-state index in [1.807, 2.05) is 40.3 Å². The average Bonchev–Trinajstić information content (AvgIpc) is 2.61. The third-order valence-electron chi connectivity index (χ3n) is 3.33. The van der Waals surface area contributed by atoms with Crippen molar-refractivity contribution in [3.05, 3.63) is 34.7 Å². The van der Waals surface area contributed by atoms with E-state index in [1.165, 1.54) is 0 Å². The van der Waals surface area contributed by atoms with Crippen LogP contribution in [0.5, 0.6) is 0 Å². The Labute approximate surface area is 109 Å². The minimum atomic E-state index is 0. The van der Waals surface area contributed by atoms with Gasteiger partial charge in [-0.3, -0.25) is 9.13 Å². The molecule has 0 aliphatic carbocycles. The maximum Gasteiger partial charge on any atom is 0.329 e. The van der Waals surface area contributed by atoms with Crippen LogP contribution >= 0.6 is 0 Å². The number of benzene rings is 1. The van der Waals surface area contributed by atoms with Crippen LogP contribution in [0, 0.1) is 0 Å². The zero-order valence-corrected chi connectivity index (χ0v) is 10.8. The molecule has 0 amide bonds. The van der Waals surface area contributed by atoms with Crippen LogP contribution in [0.15, 0.2) is 29.1 Å². The van der Waals surface area contributed by atoms with Gasteiger partial charge in [-0.25, -0.2) is 4.79 Å². The molecule has 3 nitrogen and oxygen atoms in total. The van der Waals surface area contributed by atoms with E-state index in [4.69, 9.17) is 0 Å². The van der Waals surface area contributed by atoms with Crippen LogP contribution in [0.3, 0.4) is 0 Å². The fraction of sp³-hybridized carbons (Fsp3) is 0.533. The van der Waals surface area contributed by atoms with Crippen LogP contribution in [-0.4, -0.2) is 9.13 Å². The normalized spacial score (nSPS) is 12.4. The standard InChI is InChI=1S/C14H20N2O.CH4/c1-4-8-11(3)16-13-10-7-6-9-12(13)15(5-2)14(16)17;/h6-7,9-11H,4-5,8H2,1-3H3;1H4. The molecule has 1 heterocycles. The summed E-state index contributed by atoms with van der Waals surface area (Å²) in [7, 11) is 0. The summed E-state index contributed by atoms with van der Waals surface area (Å²) in [5.74, 6) is 0. The highest BCUT2D eigenvalue weighted by atomic mass is 16.1. The number of para-hydroxylation sites is 2. The smallest absolute Gasteiger partial charge is 0.292 e. The first-order valence-electron chi connectivity index (χ1n) is 6.40. The molecule has 1 unspecified atom stereocenters. The van der Waals surface area contributed by atoms with Gasteiger partial charge in [0.05, 0.1) is 11.0 Å². The Bertz CT molecular complexity index is 565. The maximum atomic E-state index is 12.4. The fourth-order valence-electron chi connectivity index (χ4n) is 2.51. The molecular weight excluding hydrogens is 224 g/mol. The number of aryl methyl sites for hydroxylation is 1. The van der Waals surface area contributed by atoms with Crippen LogP contribution in [0.1, 0.15) is 47.1 Å². The molecule has 3 heteroatoms. The van der Waals surface area contributed by atoms with Crippen molar-refractivity contribution in [1.29, 1.82) is 0 Å². The number of imidazole rings is 1. The molecule has 1 aromatic carbocycles. The molecule has 1 atom stereocenters. The van der Waals surface area contributed by atoms with Crippen LogP contribution in [-0.2, 0) is 6.54 Å². The Morgan fingerprint density at radius 3 is 2.33 bits per heavy atom. The summed E-state index contributed by atoms with van der Waals surface area (Å²) in [6.45, 7) is 7.02. The molecular formula is C15H24N2O. The quantitative estimate of drug-likeness (QED) is 0.808. The average molecular weight is 248 g/mol. The summed E-state index contributed by atoms with van der Waals surface area (Å²) in [6.07, 6.45) is 2.14. The molecule has 0 saturated carbocycles. The summed E-state index contributed by atoms with van der Waals surface area (Å²) in [5, 5.41) is 0. The maximum absolute atomic E-state index is 12.4. The molecule has 0 aliphatic rings. The Morgan fingerprint density at radius 1 is 1.17 bits per heavy atom. The number of aromatic nitrogens is 2. The number of hydrogen-bond donors (Lipinski definition) is 0. The van der Waals surface area contributed by atoms with Gasteiger partial charge in [-0.05, 0) is 32.4 Å². The highest BCUT2D eigenvalue weighted by molar-refractivity contribution is 5.76. The number of hydrogen-bond acceptors (Lipinski definition) is 1. The molecule has 0 radical (unpaired) electrons. The minimum absolute atomic E-state index is 0. The van der Waals surface area contributed by atoms with E-state index in [0.717, 1.165) is 30.4 Å². The SMILES string of the molecule is C.CCCC(C)n1c(=O)n(CC)c2ccccc21. The van der Waals surface area contributed by atoms with Crippen LogP contribution in [0.2, 0.25) is 0 Å². The van der Waals surface area contributed by atoms with E-state index in [1.54, 1.807) is 0 Å². The zero-order valence-electron chi connectivity index (χ0n) is 10.8. The second kappa shape index (κ2) is 5.89. The topological polar surface area (TPSA) is 26.9 Å². The van der Waals surface area contributed by atoms with Gasteiger partial charge >= 0.3 is 5.69 Å². The van der Waals surface area contributed by atoms with Crippen molar-refractivity contribution in [2.45, 2.75) is 53.6 Å². The van der Waals surface area contributed by atoms with E-state index >= 15 is 0 Å². The molecule has 100 valence electrons. The summed E-state index contributed by atoms with van der Waals surface area (Å²) in [4.78, 5) is 12.4. The van der Waals surface area contributed by atoms with E-state index in [0.29, 0.717) is 0 Å². The largest absolute Gasteiger partial charge is 0.329 e. The van der Waals surface area contributed by atoms with Crippen molar-refractivity contribution in [3.63, 3.8) is 0 Å². The third-order valence-corrected chi connectivity index (χ3v) is 3.33. The van der Waals surface area contributed by atoms with Gasteiger partial charge < -0.3 is 0 Å². The summed E-state index contributed by atoms with van der Waals surface area (Å²) < 4.78 is 3.78. The van der Waals surface area contributed by atoms with Gasteiger partial charge in [-0.15, -0.1) is 0 Å². The number of rotatable bonds is 4. The van der Waals surface area contributed by atoms with Crippen LogP contribution in [0.4, 0.5) is 0 Å². The molecule has 2 aromatic rings. The second-order valence-corrected chi connectivity index (χ2v) is 4.52. The van der Waals surface area contributed by atoms with Crippen molar-refractivity contribution in [3.8, 4) is 0 Å². The Hall–Kier alpha value is -1.51. The van der Waals surface area contributed by atoms with Crippen molar-refractivity contribution in [2.24, 2.45) is 0 Å². The number of fused-ring (bicyclic) bond motifs is 1. The monoisotopic (exact) mass is 248 g/mol. The van der Waals surface area contributed by atoms with E-state index in [9.17, 15) is 4.79 Å². The summed E-state index contributed by atoms with van der Waals surface area (Å²) >= 11 is 0. The lowest BCUT2D eigenvalue weighted by molar-refractivity contribution is 0.489. The molecule has 18 heavy (non-hydrogen) atoms. The number of nitrogens with zero attached hydrogens (tertiary/aromatic N) is 2. The van der Waals surface area contributed by atoms with Gasteiger partial charge in [0.1, 0.15) is 0 Å². The third kappa shape index (κ3) is 2.22. The second-order valence-electron chi connectivity index (χ2n) is 4.52.